The molecular weight excluding hydrogens is 361 g/mol. The zero-order valence-electron chi connectivity index (χ0n) is 12.5. The van der Waals surface area contributed by atoms with Crippen LogP contribution in [0.2, 0.25) is 0 Å². The molecule has 3 nitrogen and oxygen atoms in total. The first kappa shape index (κ1) is 17.3. The summed E-state index contributed by atoms with van der Waals surface area (Å²) in [4.78, 5) is 6.75. The third-order valence-electron chi connectivity index (χ3n) is 3.78. The van der Waals surface area contributed by atoms with E-state index in [2.05, 4.69) is 48.0 Å². The number of likely N-dealkylation sites (tertiary alicyclic amines) is 1. The summed E-state index contributed by atoms with van der Waals surface area (Å²) in [5, 5.41) is 0. The van der Waals surface area contributed by atoms with Crippen LogP contribution in [0.5, 0.6) is 0 Å². The van der Waals surface area contributed by atoms with Crippen molar-refractivity contribution in [1.29, 1.82) is 0 Å². The van der Waals surface area contributed by atoms with Gasteiger partial charge in [-0.25, -0.2) is 0 Å². The summed E-state index contributed by atoms with van der Waals surface area (Å²) in [6.07, 6.45) is 3.51. The van der Waals surface area contributed by atoms with Gasteiger partial charge in [-0.1, -0.05) is 36.8 Å². The lowest BCUT2D eigenvalue weighted by Gasteiger charge is -2.31. The molecule has 1 aromatic carbocycles. The van der Waals surface area contributed by atoms with Crippen molar-refractivity contribution in [2.75, 3.05) is 19.6 Å². The minimum atomic E-state index is 0. The van der Waals surface area contributed by atoms with Crippen LogP contribution in [-0.2, 0) is 6.42 Å². The Bertz CT molecular complexity index is 428. The fraction of sp³-hybridized carbons (Fsp3) is 0.562. The number of halogens is 1. The molecule has 2 N–H and O–H groups in total. The van der Waals surface area contributed by atoms with Crippen LogP contribution in [0.1, 0.15) is 30.9 Å². The van der Waals surface area contributed by atoms with Crippen molar-refractivity contribution in [3.8, 4) is 0 Å². The molecule has 2 rings (SSSR count). The van der Waals surface area contributed by atoms with Gasteiger partial charge in [-0.3, -0.25) is 4.99 Å². The quantitative estimate of drug-likeness (QED) is 0.492. The molecule has 1 aliphatic heterocycles. The number of hydrogen-bond donors (Lipinski definition) is 1. The van der Waals surface area contributed by atoms with Crippen molar-refractivity contribution in [3.63, 3.8) is 0 Å². The fourth-order valence-corrected chi connectivity index (χ4v) is 2.55. The van der Waals surface area contributed by atoms with E-state index in [0.29, 0.717) is 0 Å². The van der Waals surface area contributed by atoms with Gasteiger partial charge in [-0.2, -0.15) is 0 Å². The maximum absolute atomic E-state index is 6.07. The number of rotatable bonds is 3. The average Bonchev–Trinajstić information content (AvgIpc) is 2.41. The second kappa shape index (κ2) is 8.49. The summed E-state index contributed by atoms with van der Waals surface area (Å²) in [6.45, 7) is 7.28. The standard InChI is InChI=1S/C16H25N3.HI/c1-13-5-7-15(8-6-13)9-10-18-16(17)19-11-3-4-14(2)12-19;/h5-8,14H,3-4,9-12H2,1-2H3,(H2,17,18);1H. The fourth-order valence-electron chi connectivity index (χ4n) is 2.55. The van der Waals surface area contributed by atoms with Crippen LogP contribution in [0, 0.1) is 12.8 Å². The van der Waals surface area contributed by atoms with Crippen LogP contribution >= 0.6 is 24.0 Å². The molecule has 0 bridgehead atoms. The number of guanidine groups is 1. The molecule has 112 valence electrons. The molecule has 1 fully saturated rings. The SMILES string of the molecule is Cc1ccc(CCN=C(N)N2CCCC(C)C2)cc1.I. The summed E-state index contributed by atoms with van der Waals surface area (Å²) >= 11 is 0. The number of piperidine rings is 1. The van der Waals surface area contributed by atoms with Gasteiger partial charge in [0.1, 0.15) is 0 Å². The van der Waals surface area contributed by atoms with E-state index >= 15 is 0 Å². The van der Waals surface area contributed by atoms with Crippen molar-refractivity contribution in [1.82, 2.24) is 4.90 Å². The molecule has 1 heterocycles. The van der Waals surface area contributed by atoms with Crippen molar-refractivity contribution in [3.05, 3.63) is 35.4 Å². The lowest BCUT2D eigenvalue weighted by molar-refractivity contribution is 0.270. The molecule has 0 spiro atoms. The highest BCUT2D eigenvalue weighted by Crippen LogP contribution is 2.14. The predicted molar refractivity (Wildman–Crippen MR) is 96.8 cm³/mol. The molecule has 1 aromatic rings. The van der Waals surface area contributed by atoms with E-state index in [-0.39, 0.29) is 24.0 Å². The molecule has 1 saturated heterocycles. The zero-order valence-corrected chi connectivity index (χ0v) is 14.8. The minimum absolute atomic E-state index is 0. The number of nitrogens with zero attached hydrogens (tertiary/aromatic N) is 2. The third kappa shape index (κ3) is 5.31. The van der Waals surface area contributed by atoms with Gasteiger partial charge in [-0.15, -0.1) is 24.0 Å². The van der Waals surface area contributed by atoms with Gasteiger partial charge in [0.2, 0.25) is 0 Å². The first-order valence-corrected chi connectivity index (χ1v) is 7.25. The molecule has 1 unspecified atom stereocenters. The van der Waals surface area contributed by atoms with Gasteiger partial charge >= 0.3 is 0 Å². The van der Waals surface area contributed by atoms with Crippen LogP contribution in [0.4, 0.5) is 0 Å². The van der Waals surface area contributed by atoms with Gasteiger partial charge in [0.05, 0.1) is 0 Å². The molecule has 0 radical (unpaired) electrons. The first-order chi connectivity index (χ1) is 9.15. The summed E-state index contributed by atoms with van der Waals surface area (Å²) in [7, 11) is 0. The lowest BCUT2D eigenvalue weighted by Crippen LogP contribution is -2.43. The number of hydrogen-bond acceptors (Lipinski definition) is 1. The highest BCUT2D eigenvalue weighted by atomic mass is 127. The van der Waals surface area contributed by atoms with E-state index in [1.54, 1.807) is 0 Å². The second-order valence-corrected chi connectivity index (χ2v) is 5.67. The number of benzene rings is 1. The van der Waals surface area contributed by atoms with E-state index in [9.17, 15) is 0 Å². The van der Waals surface area contributed by atoms with Gasteiger partial charge in [0, 0.05) is 19.6 Å². The molecule has 1 atom stereocenters. The Morgan fingerprint density at radius 3 is 2.70 bits per heavy atom. The first-order valence-electron chi connectivity index (χ1n) is 7.25. The summed E-state index contributed by atoms with van der Waals surface area (Å²) in [5.74, 6) is 1.46. The van der Waals surface area contributed by atoms with Gasteiger partial charge in [0.15, 0.2) is 5.96 Å². The van der Waals surface area contributed by atoms with Crippen molar-refractivity contribution < 1.29 is 0 Å². The zero-order chi connectivity index (χ0) is 13.7. The Morgan fingerprint density at radius 1 is 1.35 bits per heavy atom. The van der Waals surface area contributed by atoms with Crippen LogP contribution in [0.15, 0.2) is 29.3 Å². The molecule has 1 aliphatic rings. The highest BCUT2D eigenvalue weighted by molar-refractivity contribution is 14.0. The normalized spacial score (nSPS) is 19.6. The summed E-state index contributed by atoms with van der Waals surface area (Å²) < 4.78 is 0. The average molecular weight is 387 g/mol. The molecule has 20 heavy (non-hydrogen) atoms. The molecule has 4 heteroatoms. The maximum atomic E-state index is 6.07. The van der Waals surface area contributed by atoms with Crippen LogP contribution in [0.25, 0.3) is 0 Å². The number of aliphatic imine (C=N–C) groups is 1. The molecule has 0 aromatic heterocycles. The van der Waals surface area contributed by atoms with E-state index in [4.69, 9.17) is 5.73 Å². The number of nitrogens with two attached hydrogens (primary N) is 1. The lowest BCUT2D eigenvalue weighted by atomic mass is 10.0. The topological polar surface area (TPSA) is 41.6 Å². The smallest absolute Gasteiger partial charge is 0.191 e. The van der Waals surface area contributed by atoms with E-state index in [1.807, 2.05) is 0 Å². The van der Waals surface area contributed by atoms with E-state index in [0.717, 1.165) is 37.9 Å². The minimum Gasteiger partial charge on any atom is -0.370 e. The highest BCUT2D eigenvalue weighted by Gasteiger charge is 2.17. The predicted octanol–water partition coefficient (Wildman–Crippen LogP) is 3.20. The van der Waals surface area contributed by atoms with Crippen molar-refractivity contribution >= 4 is 29.9 Å². The van der Waals surface area contributed by atoms with Crippen LogP contribution < -0.4 is 5.73 Å². The van der Waals surface area contributed by atoms with Crippen molar-refractivity contribution in [2.24, 2.45) is 16.6 Å². The van der Waals surface area contributed by atoms with Crippen molar-refractivity contribution in [2.45, 2.75) is 33.1 Å². The second-order valence-electron chi connectivity index (χ2n) is 5.67. The summed E-state index contributed by atoms with van der Waals surface area (Å²) in [5.41, 5.74) is 8.70. The van der Waals surface area contributed by atoms with Gasteiger partial charge in [0.25, 0.3) is 0 Å². The Labute approximate surface area is 139 Å². The van der Waals surface area contributed by atoms with Gasteiger partial charge < -0.3 is 10.6 Å². The Balaban J connectivity index is 0.00000200. The third-order valence-corrected chi connectivity index (χ3v) is 3.78. The van der Waals surface area contributed by atoms with E-state index in [1.165, 1.54) is 24.0 Å². The Morgan fingerprint density at radius 2 is 2.05 bits per heavy atom. The monoisotopic (exact) mass is 387 g/mol. The Kier molecular flexibility index (Phi) is 7.34. The van der Waals surface area contributed by atoms with E-state index < -0.39 is 0 Å². The molecule has 0 amide bonds. The molecular formula is C16H26IN3. The molecule has 0 aliphatic carbocycles. The number of aryl methyl sites for hydroxylation is 1. The van der Waals surface area contributed by atoms with Crippen LogP contribution in [-0.4, -0.2) is 30.5 Å². The molecule has 0 saturated carbocycles. The largest absolute Gasteiger partial charge is 0.370 e. The van der Waals surface area contributed by atoms with Gasteiger partial charge in [-0.05, 0) is 37.7 Å². The van der Waals surface area contributed by atoms with Crippen LogP contribution in [0.3, 0.4) is 0 Å². The maximum Gasteiger partial charge on any atom is 0.191 e. The Hall–Kier alpha value is -0.780. The summed E-state index contributed by atoms with van der Waals surface area (Å²) in [6, 6.07) is 8.64.